The lowest BCUT2D eigenvalue weighted by Crippen LogP contribution is -2.50. The van der Waals surface area contributed by atoms with E-state index in [0.717, 1.165) is 79.9 Å². The molecule has 0 saturated carbocycles. The SMILES string of the molecule is CNC(=O)c1ccc2c(n1)[C@H](C)CCN2C1=NCc2nc(N3CCC4(CC3)CO[C@@H](C)[C@H]4N)cnc21. The highest BCUT2D eigenvalue weighted by atomic mass is 16.5. The van der Waals surface area contributed by atoms with Gasteiger partial charge in [-0.2, -0.15) is 0 Å². The summed E-state index contributed by atoms with van der Waals surface area (Å²) in [4.78, 5) is 36.0. The van der Waals surface area contributed by atoms with Gasteiger partial charge in [0, 0.05) is 44.1 Å². The molecule has 6 heterocycles. The van der Waals surface area contributed by atoms with Crippen molar-refractivity contribution in [3.8, 4) is 0 Å². The van der Waals surface area contributed by atoms with Crippen LogP contribution in [0.3, 0.4) is 0 Å². The Bertz CT molecular complexity index is 1220. The van der Waals surface area contributed by atoms with Gasteiger partial charge in [-0.05, 0) is 38.3 Å². The summed E-state index contributed by atoms with van der Waals surface area (Å²) < 4.78 is 5.87. The number of hydrogen-bond donors (Lipinski definition) is 2. The number of aliphatic imine (C=N–C) groups is 1. The van der Waals surface area contributed by atoms with E-state index in [0.29, 0.717) is 12.2 Å². The smallest absolute Gasteiger partial charge is 0.269 e. The van der Waals surface area contributed by atoms with Gasteiger partial charge in [0.2, 0.25) is 0 Å². The summed E-state index contributed by atoms with van der Waals surface area (Å²) in [7, 11) is 1.62. The molecule has 2 aromatic heterocycles. The van der Waals surface area contributed by atoms with E-state index in [1.165, 1.54) is 0 Å². The topological polar surface area (TPSA) is 122 Å². The minimum atomic E-state index is -0.176. The molecule has 2 fully saturated rings. The number of rotatable bonds is 2. The second-order valence-corrected chi connectivity index (χ2v) is 10.6. The normalized spacial score (nSPS) is 26.6. The highest BCUT2D eigenvalue weighted by Gasteiger charge is 2.47. The van der Waals surface area contributed by atoms with Crippen LogP contribution in [0.1, 0.15) is 66.6 Å². The highest BCUT2D eigenvalue weighted by molar-refractivity contribution is 6.11. The molecule has 2 aromatic rings. The van der Waals surface area contributed by atoms with Gasteiger partial charge in [0.1, 0.15) is 17.2 Å². The number of anilines is 2. The third-order valence-electron chi connectivity index (χ3n) is 8.51. The lowest BCUT2D eigenvalue weighted by molar-refractivity contribution is 0.0957. The van der Waals surface area contributed by atoms with Gasteiger partial charge in [0.15, 0.2) is 5.84 Å². The Kier molecular flexibility index (Phi) is 5.68. The molecule has 190 valence electrons. The van der Waals surface area contributed by atoms with E-state index in [9.17, 15) is 4.79 Å². The molecule has 1 spiro atoms. The predicted molar refractivity (Wildman–Crippen MR) is 138 cm³/mol. The third-order valence-corrected chi connectivity index (χ3v) is 8.51. The predicted octanol–water partition coefficient (Wildman–Crippen LogP) is 1.84. The largest absolute Gasteiger partial charge is 0.376 e. The van der Waals surface area contributed by atoms with E-state index in [4.69, 9.17) is 25.4 Å². The highest BCUT2D eigenvalue weighted by Crippen LogP contribution is 2.42. The zero-order valence-corrected chi connectivity index (χ0v) is 21.2. The number of pyridine rings is 1. The van der Waals surface area contributed by atoms with Crippen molar-refractivity contribution in [2.24, 2.45) is 16.1 Å². The number of hydrogen-bond acceptors (Lipinski definition) is 9. The molecular weight excluding hydrogens is 456 g/mol. The Hall–Kier alpha value is -3.11. The molecule has 10 nitrogen and oxygen atoms in total. The molecule has 0 unspecified atom stereocenters. The maximum atomic E-state index is 12.1. The van der Waals surface area contributed by atoms with Gasteiger partial charge in [-0.15, -0.1) is 0 Å². The summed E-state index contributed by atoms with van der Waals surface area (Å²) in [5, 5.41) is 2.66. The number of carbonyl (C=O) groups is 1. The van der Waals surface area contributed by atoms with Crippen LogP contribution in [0.15, 0.2) is 23.3 Å². The molecule has 3 N–H and O–H groups in total. The van der Waals surface area contributed by atoms with Crippen LogP contribution in [0.4, 0.5) is 11.5 Å². The number of nitrogens with one attached hydrogen (secondary N) is 1. The Morgan fingerprint density at radius 2 is 2.00 bits per heavy atom. The Labute approximate surface area is 211 Å². The molecule has 2 saturated heterocycles. The number of carbonyl (C=O) groups excluding carboxylic acids is 1. The van der Waals surface area contributed by atoms with Crippen molar-refractivity contribution in [3.05, 3.63) is 41.1 Å². The summed E-state index contributed by atoms with van der Waals surface area (Å²) in [5.74, 6) is 1.83. The summed E-state index contributed by atoms with van der Waals surface area (Å²) >= 11 is 0. The minimum Gasteiger partial charge on any atom is -0.376 e. The van der Waals surface area contributed by atoms with E-state index in [-0.39, 0.29) is 29.4 Å². The number of piperidine rings is 1. The first-order chi connectivity index (χ1) is 17.4. The Morgan fingerprint density at radius 3 is 2.72 bits per heavy atom. The van der Waals surface area contributed by atoms with Gasteiger partial charge in [-0.1, -0.05) is 6.92 Å². The van der Waals surface area contributed by atoms with E-state index < -0.39 is 0 Å². The molecule has 0 radical (unpaired) electrons. The van der Waals surface area contributed by atoms with Crippen LogP contribution in [0.2, 0.25) is 0 Å². The molecule has 4 aliphatic heterocycles. The van der Waals surface area contributed by atoms with E-state index >= 15 is 0 Å². The van der Waals surface area contributed by atoms with Crippen LogP contribution < -0.4 is 20.9 Å². The number of aromatic nitrogens is 3. The summed E-state index contributed by atoms with van der Waals surface area (Å²) in [6.07, 6.45) is 4.95. The maximum Gasteiger partial charge on any atom is 0.269 e. The van der Waals surface area contributed by atoms with Crippen molar-refractivity contribution in [1.29, 1.82) is 0 Å². The maximum absolute atomic E-state index is 12.1. The number of fused-ring (bicyclic) bond motifs is 2. The van der Waals surface area contributed by atoms with Gasteiger partial charge in [0.25, 0.3) is 5.91 Å². The van der Waals surface area contributed by atoms with Gasteiger partial charge in [-0.25, -0.2) is 15.0 Å². The van der Waals surface area contributed by atoms with Crippen LogP contribution in [0.5, 0.6) is 0 Å². The van der Waals surface area contributed by atoms with Crippen LogP contribution in [0.25, 0.3) is 0 Å². The minimum absolute atomic E-state index is 0.0842. The van der Waals surface area contributed by atoms with Crippen LogP contribution in [-0.4, -0.2) is 72.1 Å². The summed E-state index contributed by atoms with van der Waals surface area (Å²) in [6.45, 7) is 8.14. The van der Waals surface area contributed by atoms with E-state index in [2.05, 4.69) is 33.9 Å². The molecule has 6 rings (SSSR count). The fourth-order valence-electron chi connectivity index (χ4n) is 6.07. The first kappa shape index (κ1) is 23.3. The second-order valence-electron chi connectivity index (χ2n) is 10.6. The molecule has 0 aromatic carbocycles. The zero-order valence-electron chi connectivity index (χ0n) is 21.2. The summed E-state index contributed by atoms with van der Waals surface area (Å²) in [5.41, 5.74) is 10.7. The van der Waals surface area contributed by atoms with Crippen molar-refractivity contribution in [2.45, 2.75) is 57.7 Å². The number of amides is 1. The molecular formula is C26H34N8O2. The first-order valence-electron chi connectivity index (χ1n) is 12.9. The van der Waals surface area contributed by atoms with Gasteiger partial charge in [-0.3, -0.25) is 9.79 Å². The standard InChI is InChI=1S/C26H34N8O2/c1-15-6-9-34(19-5-4-17(25(35)28-3)32-21(15)19)24-22-18(12-30-24)31-20(13-29-22)33-10-7-26(8-11-33)14-36-16(2)23(26)27/h4-5,13,15-16,23H,6-12,14,27H2,1-3H3,(H,28,35)/t15-,16+,23-/m1/s1. The van der Waals surface area contributed by atoms with Crippen molar-refractivity contribution < 1.29 is 9.53 Å². The lowest BCUT2D eigenvalue weighted by Gasteiger charge is -2.41. The third kappa shape index (κ3) is 3.66. The van der Waals surface area contributed by atoms with Crippen LogP contribution in [0, 0.1) is 5.41 Å². The van der Waals surface area contributed by atoms with Crippen molar-refractivity contribution in [2.75, 3.05) is 43.1 Å². The van der Waals surface area contributed by atoms with Crippen LogP contribution in [-0.2, 0) is 11.3 Å². The van der Waals surface area contributed by atoms with Crippen molar-refractivity contribution in [1.82, 2.24) is 20.3 Å². The first-order valence-corrected chi connectivity index (χ1v) is 12.9. The van der Waals surface area contributed by atoms with Crippen LogP contribution >= 0.6 is 0 Å². The zero-order chi connectivity index (χ0) is 25.0. The fourth-order valence-corrected chi connectivity index (χ4v) is 6.07. The van der Waals surface area contributed by atoms with Gasteiger partial charge in [0.05, 0.1) is 42.5 Å². The Balaban J connectivity index is 1.21. The number of nitrogens with two attached hydrogens (primary N) is 1. The molecule has 0 aliphatic carbocycles. The summed E-state index contributed by atoms with van der Waals surface area (Å²) in [6, 6.07) is 3.85. The number of amidine groups is 1. The van der Waals surface area contributed by atoms with Gasteiger partial charge < -0.3 is 25.6 Å². The average molecular weight is 491 g/mol. The van der Waals surface area contributed by atoms with Gasteiger partial charge >= 0.3 is 0 Å². The van der Waals surface area contributed by atoms with Crippen molar-refractivity contribution >= 4 is 23.2 Å². The molecule has 10 heteroatoms. The number of nitrogens with zero attached hydrogens (tertiary/aromatic N) is 6. The number of ether oxygens (including phenoxy) is 1. The van der Waals surface area contributed by atoms with E-state index in [1.54, 1.807) is 13.1 Å². The van der Waals surface area contributed by atoms with E-state index in [1.807, 2.05) is 12.3 Å². The molecule has 1 amide bonds. The molecule has 3 atom stereocenters. The average Bonchev–Trinajstić information content (AvgIpc) is 3.45. The molecule has 36 heavy (non-hydrogen) atoms. The second kappa shape index (κ2) is 8.77. The van der Waals surface area contributed by atoms with Crippen molar-refractivity contribution in [3.63, 3.8) is 0 Å². The quantitative estimate of drug-likeness (QED) is 0.654. The monoisotopic (exact) mass is 490 g/mol. The molecule has 4 aliphatic rings. The fraction of sp³-hybridized carbons (Fsp3) is 0.577. The Morgan fingerprint density at radius 1 is 1.19 bits per heavy atom. The molecule has 0 bridgehead atoms. The lowest BCUT2D eigenvalue weighted by atomic mass is 9.73.